The van der Waals surface area contributed by atoms with Gasteiger partial charge < -0.3 is 9.29 Å². The zero-order valence-electron chi connectivity index (χ0n) is 22.9. The SMILES string of the molecule is CC(C)CCCC(C)C1CCC2C3CCC4CC(OC(=O)C(F)(F)S(=O)[O-])CCC4(C)C3CCC12C. The first kappa shape index (κ1) is 28.4. The van der Waals surface area contributed by atoms with Gasteiger partial charge in [0, 0.05) is 11.1 Å². The van der Waals surface area contributed by atoms with Crippen LogP contribution in [0.5, 0.6) is 0 Å². The maximum absolute atomic E-state index is 13.6. The first-order valence-electron chi connectivity index (χ1n) is 14.5. The summed E-state index contributed by atoms with van der Waals surface area (Å²) in [5, 5.41) is -4.48. The quantitative estimate of drug-likeness (QED) is 0.241. The molecule has 10 unspecified atom stereocenters. The number of rotatable bonds is 8. The van der Waals surface area contributed by atoms with Crippen molar-refractivity contribution in [3.63, 3.8) is 0 Å². The summed E-state index contributed by atoms with van der Waals surface area (Å²) < 4.78 is 53.7. The highest BCUT2D eigenvalue weighted by Gasteiger charge is 2.61. The van der Waals surface area contributed by atoms with Gasteiger partial charge in [-0.1, -0.05) is 53.9 Å². The smallest absolute Gasteiger partial charge is 0.404 e. The Bertz CT molecular complexity index is 834. The van der Waals surface area contributed by atoms with E-state index in [1.807, 2.05) is 0 Å². The molecule has 0 heterocycles. The number of carbonyl (C=O) groups excluding carboxylic acids is 1. The Morgan fingerprint density at radius 2 is 1.67 bits per heavy atom. The number of fused-ring (bicyclic) bond motifs is 5. The van der Waals surface area contributed by atoms with Crippen molar-refractivity contribution in [2.45, 2.75) is 123 Å². The van der Waals surface area contributed by atoms with Gasteiger partial charge in [-0.25, -0.2) is 4.79 Å². The molecule has 0 aromatic rings. The lowest BCUT2D eigenvalue weighted by atomic mass is 9.44. The first-order valence-corrected chi connectivity index (χ1v) is 15.6. The summed E-state index contributed by atoms with van der Waals surface area (Å²) in [7, 11) is 0. The summed E-state index contributed by atoms with van der Waals surface area (Å²) in [5.74, 6) is 2.98. The fourth-order valence-corrected chi connectivity index (χ4v) is 9.82. The highest BCUT2D eigenvalue weighted by Crippen LogP contribution is 2.68. The molecule has 0 aliphatic heterocycles. The summed E-state index contributed by atoms with van der Waals surface area (Å²) in [4.78, 5) is 11.8. The zero-order valence-corrected chi connectivity index (χ0v) is 23.7. The van der Waals surface area contributed by atoms with Gasteiger partial charge in [-0.3, -0.25) is 4.21 Å². The van der Waals surface area contributed by atoms with E-state index in [9.17, 15) is 22.3 Å². The molecule has 4 nitrogen and oxygen atoms in total. The fraction of sp³-hybridized carbons (Fsp3) is 0.966. The topological polar surface area (TPSA) is 66.4 Å². The summed E-state index contributed by atoms with van der Waals surface area (Å²) in [6.07, 6.45) is 12.9. The normalized spacial score (nSPS) is 42.2. The van der Waals surface area contributed by atoms with Crippen molar-refractivity contribution in [1.29, 1.82) is 0 Å². The van der Waals surface area contributed by atoms with Crippen molar-refractivity contribution in [1.82, 2.24) is 0 Å². The van der Waals surface area contributed by atoms with Gasteiger partial charge in [0.05, 0.1) is 0 Å². The minimum Gasteiger partial charge on any atom is -0.767 e. The molecule has 0 amide bonds. The second kappa shape index (κ2) is 10.5. The lowest BCUT2D eigenvalue weighted by molar-refractivity contribution is -0.177. The number of hydrogen-bond donors (Lipinski definition) is 0. The molecule has 4 aliphatic rings. The lowest BCUT2D eigenvalue weighted by Crippen LogP contribution is -2.54. The van der Waals surface area contributed by atoms with Gasteiger partial charge in [-0.15, -0.1) is 0 Å². The van der Waals surface area contributed by atoms with E-state index >= 15 is 0 Å². The molecular weight excluding hydrogens is 482 g/mol. The van der Waals surface area contributed by atoms with Crippen LogP contribution < -0.4 is 0 Å². The first-order chi connectivity index (χ1) is 16.8. The van der Waals surface area contributed by atoms with Crippen LogP contribution in [0.2, 0.25) is 0 Å². The van der Waals surface area contributed by atoms with Crippen molar-refractivity contribution in [3.05, 3.63) is 0 Å². The van der Waals surface area contributed by atoms with E-state index in [1.54, 1.807) is 0 Å². The number of carbonyl (C=O) groups is 1. The van der Waals surface area contributed by atoms with Crippen LogP contribution in [0.4, 0.5) is 8.78 Å². The average Bonchev–Trinajstić information content (AvgIpc) is 3.16. The molecule has 0 saturated heterocycles. The van der Waals surface area contributed by atoms with E-state index in [-0.39, 0.29) is 5.41 Å². The molecule has 208 valence electrons. The number of ether oxygens (including phenoxy) is 1. The monoisotopic (exact) mass is 529 g/mol. The average molecular weight is 530 g/mol. The van der Waals surface area contributed by atoms with Crippen LogP contribution in [0.15, 0.2) is 0 Å². The molecule has 0 radical (unpaired) electrons. The van der Waals surface area contributed by atoms with Crippen molar-refractivity contribution in [2.75, 3.05) is 0 Å². The highest BCUT2D eigenvalue weighted by atomic mass is 32.2. The van der Waals surface area contributed by atoms with Crippen molar-refractivity contribution in [2.24, 2.45) is 52.3 Å². The molecule has 0 bridgehead atoms. The van der Waals surface area contributed by atoms with Crippen molar-refractivity contribution >= 4 is 17.0 Å². The molecule has 4 fully saturated rings. The second-order valence-corrected chi connectivity index (χ2v) is 14.7. The Balaban J connectivity index is 1.40. The predicted octanol–water partition coefficient (Wildman–Crippen LogP) is 7.49. The van der Waals surface area contributed by atoms with E-state index in [0.717, 1.165) is 42.4 Å². The van der Waals surface area contributed by atoms with E-state index in [4.69, 9.17) is 4.74 Å². The van der Waals surface area contributed by atoms with E-state index in [2.05, 4.69) is 34.6 Å². The Kier molecular flexibility index (Phi) is 8.33. The van der Waals surface area contributed by atoms with Gasteiger partial charge in [0.1, 0.15) is 6.10 Å². The molecule has 4 saturated carbocycles. The predicted molar refractivity (Wildman–Crippen MR) is 137 cm³/mol. The Hall–Kier alpha value is -0.560. The van der Waals surface area contributed by atoms with Crippen LogP contribution in [0.3, 0.4) is 0 Å². The number of hydrogen-bond acceptors (Lipinski definition) is 4. The molecule has 0 aromatic heterocycles. The van der Waals surface area contributed by atoms with E-state index in [0.29, 0.717) is 30.1 Å². The molecule has 0 N–H and O–H groups in total. The minimum absolute atomic E-state index is 0.151. The minimum atomic E-state index is -4.48. The molecule has 0 aromatic carbocycles. The van der Waals surface area contributed by atoms with Crippen LogP contribution >= 0.6 is 0 Å². The third kappa shape index (κ3) is 5.05. The van der Waals surface area contributed by atoms with Crippen LogP contribution in [0.25, 0.3) is 0 Å². The number of alkyl halides is 2. The van der Waals surface area contributed by atoms with Gasteiger partial charge in [0.25, 0.3) is 0 Å². The molecule has 7 heteroatoms. The van der Waals surface area contributed by atoms with Gasteiger partial charge in [-0.05, 0) is 110 Å². The summed E-state index contributed by atoms with van der Waals surface area (Å²) >= 11 is -3.81. The fourth-order valence-electron chi connectivity index (χ4n) is 9.64. The second-order valence-electron chi connectivity index (χ2n) is 13.7. The lowest BCUT2D eigenvalue weighted by Gasteiger charge is -2.61. The van der Waals surface area contributed by atoms with E-state index in [1.165, 1.54) is 51.4 Å². The molecule has 0 spiro atoms. The van der Waals surface area contributed by atoms with Gasteiger partial charge in [0.2, 0.25) is 0 Å². The highest BCUT2D eigenvalue weighted by molar-refractivity contribution is 7.81. The van der Waals surface area contributed by atoms with Crippen LogP contribution in [-0.2, 0) is 20.6 Å². The summed E-state index contributed by atoms with van der Waals surface area (Å²) in [6.45, 7) is 12.1. The molecule has 4 aliphatic carbocycles. The Morgan fingerprint density at radius 1 is 1.00 bits per heavy atom. The maximum Gasteiger partial charge on any atom is 0.404 e. The standard InChI is InChI=1S/C29H48F2O4S/c1-18(2)7-6-8-19(3)23-11-12-24-22-10-9-20-17-21(35-26(32)29(30,31)36(33)34)13-15-27(20,4)25(22)14-16-28(23,24)5/h18-25H,6-17H2,1-5H3,(H,33,34)/p-1. The van der Waals surface area contributed by atoms with Crippen LogP contribution in [0.1, 0.15) is 112 Å². The largest absolute Gasteiger partial charge is 0.767 e. The van der Waals surface area contributed by atoms with Gasteiger partial charge >= 0.3 is 11.2 Å². The molecular formula is C29H47F2O4S-. The maximum atomic E-state index is 13.6. The van der Waals surface area contributed by atoms with Crippen LogP contribution in [-0.4, -0.2) is 26.1 Å². The third-order valence-corrected chi connectivity index (χ3v) is 12.1. The van der Waals surface area contributed by atoms with Crippen LogP contribution in [0, 0.1) is 52.3 Å². The van der Waals surface area contributed by atoms with Crippen molar-refractivity contribution < 1.29 is 27.1 Å². The third-order valence-electron chi connectivity index (χ3n) is 11.5. The molecule has 36 heavy (non-hydrogen) atoms. The van der Waals surface area contributed by atoms with Gasteiger partial charge in [0.15, 0.2) is 0 Å². The van der Waals surface area contributed by atoms with Gasteiger partial charge in [-0.2, -0.15) is 8.78 Å². The Morgan fingerprint density at radius 3 is 2.33 bits per heavy atom. The molecule has 10 atom stereocenters. The van der Waals surface area contributed by atoms with Crippen molar-refractivity contribution in [3.8, 4) is 0 Å². The Labute approximate surface area is 219 Å². The summed E-state index contributed by atoms with van der Waals surface area (Å²) in [6, 6.07) is 0. The number of esters is 1. The molecule has 4 rings (SSSR count). The zero-order chi connectivity index (χ0) is 26.5. The number of halogens is 2. The summed E-state index contributed by atoms with van der Waals surface area (Å²) in [5.41, 5.74) is 0.589. The van der Waals surface area contributed by atoms with E-state index < -0.39 is 28.4 Å².